The highest BCUT2D eigenvalue weighted by Gasteiger charge is 2.25. The average molecular weight is 298 g/mol. The Morgan fingerprint density at radius 1 is 1.05 bits per heavy atom. The molecule has 1 N–H and O–H groups in total. The van der Waals surface area contributed by atoms with Gasteiger partial charge in [-0.2, -0.15) is 0 Å². The van der Waals surface area contributed by atoms with Crippen LogP contribution in [0.3, 0.4) is 0 Å². The molecular formula is C18H22N2S. The zero-order valence-electron chi connectivity index (χ0n) is 12.6. The summed E-state index contributed by atoms with van der Waals surface area (Å²) in [6.45, 7) is 4.32. The van der Waals surface area contributed by atoms with Gasteiger partial charge in [-0.1, -0.05) is 30.3 Å². The second-order valence-electron chi connectivity index (χ2n) is 5.57. The molecule has 3 rings (SSSR count). The van der Waals surface area contributed by atoms with Gasteiger partial charge >= 0.3 is 0 Å². The number of nitrogens with zero attached hydrogens (tertiary/aromatic N) is 1. The van der Waals surface area contributed by atoms with E-state index < -0.39 is 0 Å². The van der Waals surface area contributed by atoms with Crippen LogP contribution < -0.4 is 10.2 Å². The Labute approximate surface area is 131 Å². The summed E-state index contributed by atoms with van der Waals surface area (Å²) in [6, 6.07) is 20.6. The van der Waals surface area contributed by atoms with Crippen molar-refractivity contribution in [2.24, 2.45) is 0 Å². The lowest BCUT2D eigenvalue weighted by molar-refractivity contribution is 0.414. The van der Waals surface area contributed by atoms with E-state index in [0.717, 1.165) is 13.1 Å². The van der Waals surface area contributed by atoms with E-state index in [1.54, 1.807) is 11.8 Å². The standard InChI is InChI=1S/C18H22N2S/c1-14-12-19-18(15-6-4-3-5-7-15)13-20(14)16-8-10-17(21-2)11-9-16/h3-11,14,18-19H,12-13H2,1-2H3. The molecular weight excluding hydrogens is 276 g/mol. The number of benzene rings is 2. The Kier molecular flexibility index (Phi) is 4.51. The largest absolute Gasteiger partial charge is 0.366 e. The van der Waals surface area contributed by atoms with Gasteiger partial charge in [0, 0.05) is 35.8 Å². The molecule has 0 radical (unpaired) electrons. The Morgan fingerprint density at radius 3 is 2.43 bits per heavy atom. The van der Waals surface area contributed by atoms with Crippen LogP contribution in [0.1, 0.15) is 18.5 Å². The Morgan fingerprint density at radius 2 is 1.76 bits per heavy atom. The van der Waals surface area contributed by atoms with Gasteiger partial charge in [-0.3, -0.25) is 0 Å². The first-order valence-corrected chi connectivity index (χ1v) is 8.69. The van der Waals surface area contributed by atoms with Crippen molar-refractivity contribution < 1.29 is 0 Å². The molecule has 0 saturated carbocycles. The Balaban J connectivity index is 1.80. The van der Waals surface area contributed by atoms with Crippen molar-refractivity contribution in [2.75, 3.05) is 24.2 Å². The van der Waals surface area contributed by atoms with Crippen molar-refractivity contribution in [1.29, 1.82) is 0 Å². The van der Waals surface area contributed by atoms with E-state index in [2.05, 4.69) is 78.0 Å². The van der Waals surface area contributed by atoms with Crippen molar-refractivity contribution >= 4 is 17.4 Å². The predicted molar refractivity (Wildman–Crippen MR) is 92.2 cm³/mol. The number of piperazine rings is 1. The molecule has 1 heterocycles. The molecule has 0 aromatic heterocycles. The third kappa shape index (κ3) is 3.25. The molecule has 2 aromatic carbocycles. The summed E-state index contributed by atoms with van der Waals surface area (Å²) in [6.07, 6.45) is 2.12. The molecule has 0 bridgehead atoms. The van der Waals surface area contributed by atoms with Crippen LogP contribution in [0.4, 0.5) is 5.69 Å². The highest BCUT2D eigenvalue weighted by Crippen LogP contribution is 2.27. The van der Waals surface area contributed by atoms with Crippen LogP contribution >= 0.6 is 11.8 Å². The molecule has 0 amide bonds. The Bertz CT molecular complexity index is 568. The number of nitrogens with one attached hydrogen (secondary N) is 1. The first-order chi connectivity index (χ1) is 10.3. The molecule has 0 aliphatic carbocycles. The van der Waals surface area contributed by atoms with Crippen LogP contribution in [-0.4, -0.2) is 25.4 Å². The fourth-order valence-electron chi connectivity index (χ4n) is 2.91. The lowest BCUT2D eigenvalue weighted by Gasteiger charge is -2.40. The lowest BCUT2D eigenvalue weighted by atomic mass is 10.0. The first-order valence-electron chi connectivity index (χ1n) is 7.47. The second kappa shape index (κ2) is 6.54. The predicted octanol–water partition coefficient (Wildman–Crippen LogP) is 3.95. The third-order valence-corrected chi connectivity index (χ3v) is 4.92. The summed E-state index contributed by atoms with van der Waals surface area (Å²) in [4.78, 5) is 3.83. The van der Waals surface area contributed by atoms with Crippen molar-refractivity contribution in [3.8, 4) is 0 Å². The number of rotatable bonds is 3. The summed E-state index contributed by atoms with van der Waals surface area (Å²) >= 11 is 1.79. The van der Waals surface area contributed by atoms with E-state index in [1.165, 1.54) is 16.1 Å². The molecule has 110 valence electrons. The normalized spacial score (nSPS) is 22.3. The number of hydrogen-bond acceptors (Lipinski definition) is 3. The smallest absolute Gasteiger partial charge is 0.0499 e. The highest BCUT2D eigenvalue weighted by molar-refractivity contribution is 7.98. The van der Waals surface area contributed by atoms with E-state index in [4.69, 9.17) is 0 Å². The molecule has 2 aromatic rings. The molecule has 1 aliphatic rings. The molecule has 0 spiro atoms. The molecule has 1 aliphatic heterocycles. The van der Waals surface area contributed by atoms with Gasteiger partial charge < -0.3 is 10.2 Å². The molecule has 2 unspecified atom stereocenters. The molecule has 1 saturated heterocycles. The van der Waals surface area contributed by atoms with E-state index >= 15 is 0 Å². The summed E-state index contributed by atoms with van der Waals surface area (Å²) in [5, 5.41) is 3.66. The fraction of sp³-hybridized carbons (Fsp3) is 0.333. The SMILES string of the molecule is CSc1ccc(N2CC(c3ccccc3)NCC2C)cc1. The molecule has 2 nitrogen and oxygen atoms in total. The Hall–Kier alpha value is -1.45. The van der Waals surface area contributed by atoms with Gasteiger partial charge in [-0.15, -0.1) is 11.8 Å². The topological polar surface area (TPSA) is 15.3 Å². The molecule has 2 atom stereocenters. The van der Waals surface area contributed by atoms with Crippen LogP contribution in [0, 0.1) is 0 Å². The molecule has 1 fully saturated rings. The zero-order valence-corrected chi connectivity index (χ0v) is 13.4. The van der Waals surface area contributed by atoms with Gasteiger partial charge in [-0.25, -0.2) is 0 Å². The number of anilines is 1. The summed E-state index contributed by atoms with van der Waals surface area (Å²) in [7, 11) is 0. The third-order valence-electron chi connectivity index (χ3n) is 4.18. The molecule has 3 heteroatoms. The van der Waals surface area contributed by atoms with Gasteiger partial charge in [0.15, 0.2) is 0 Å². The molecule has 21 heavy (non-hydrogen) atoms. The second-order valence-corrected chi connectivity index (χ2v) is 6.45. The van der Waals surface area contributed by atoms with E-state index in [1.807, 2.05) is 0 Å². The summed E-state index contributed by atoms with van der Waals surface area (Å²) < 4.78 is 0. The monoisotopic (exact) mass is 298 g/mol. The minimum atomic E-state index is 0.405. The van der Waals surface area contributed by atoms with Crippen molar-refractivity contribution in [2.45, 2.75) is 23.9 Å². The minimum Gasteiger partial charge on any atom is -0.366 e. The van der Waals surface area contributed by atoms with Crippen LogP contribution in [0.5, 0.6) is 0 Å². The van der Waals surface area contributed by atoms with Gasteiger partial charge in [-0.05, 0) is 43.0 Å². The van der Waals surface area contributed by atoms with E-state index in [9.17, 15) is 0 Å². The van der Waals surface area contributed by atoms with Gasteiger partial charge in [0.25, 0.3) is 0 Å². The average Bonchev–Trinajstić information content (AvgIpc) is 2.56. The first kappa shape index (κ1) is 14.5. The summed E-state index contributed by atoms with van der Waals surface area (Å²) in [5.74, 6) is 0. The van der Waals surface area contributed by atoms with Crippen molar-refractivity contribution in [1.82, 2.24) is 5.32 Å². The highest BCUT2D eigenvalue weighted by atomic mass is 32.2. The van der Waals surface area contributed by atoms with Crippen molar-refractivity contribution in [3.05, 3.63) is 60.2 Å². The maximum absolute atomic E-state index is 3.66. The minimum absolute atomic E-state index is 0.405. The van der Waals surface area contributed by atoms with Crippen LogP contribution in [0.2, 0.25) is 0 Å². The van der Waals surface area contributed by atoms with Gasteiger partial charge in [0.05, 0.1) is 0 Å². The van der Waals surface area contributed by atoms with Gasteiger partial charge in [0.2, 0.25) is 0 Å². The maximum atomic E-state index is 3.66. The van der Waals surface area contributed by atoms with Gasteiger partial charge in [0.1, 0.15) is 0 Å². The summed E-state index contributed by atoms with van der Waals surface area (Å²) in [5.41, 5.74) is 2.69. The fourth-order valence-corrected chi connectivity index (χ4v) is 3.31. The van der Waals surface area contributed by atoms with E-state index in [0.29, 0.717) is 12.1 Å². The number of hydrogen-bond donors (Lipinski definition) is 1. The zero-order chi connectivity index (χ0) is 14.7. The van der Waals surface area contributed by atoms with E-state index in [-0.39, 0.29) is 0 Å². The van der Waals surface area contributed by atoms with Crippen LogP contribution in [-0.2, 0) is 0 Å². The van der Waals surface area contributed by atoms with Crippen molar-refractivity contribution in [3.63, 3.8) is 0 Å². The lowest BCUT2D eigenvalue weighted by Crippen LogP contribution is -2.51. The number of thioether (sulfide) groups is 1. The van der Waals surface area contributed by atoms with Crippen LogP contribution in [0.15, 0.2) is 59.5 Å². The van der Waals surface area contributed by atoms with Crippen LogP contribution in [0.25, 0.3) is 0 Å². The maximum Gasteiger partial charge on any atom is 0.0499 e. The quantitative estimate of drug-likeness (QED) is 0.864.